The first-order chi connectivity index (χ1) is 31.1. The molecule has 0 N–H and O–H groups in total. The Kier molecular flexibility index (Phi) is 12.2. The van der Waals surface area contributed by atoms with Gasteiger partial charge in [-0.1, -0.05) is 179 Å². The van der Waals surface area contributed by atoms with E-state index in [9.17, 15) is 0 Å². The molecule has 0 bridgehead atoms. The molecule has 0 spiro atoms. The standard InChI is InChI=1S/C60H58N2S2/c1-7-59(5,61(43-52-21-15-39-63-52)50-33-27-46(28-34-50)25-23-44-17-11-9-12-18-44)48-31-37-53-54-38-32-49(42-56(54)58(3,4)55(53)41-48)60(6,8-2)62(57-22-16-40-64-57)51-35-29-47(30-36-51)26-24-45-19-13-10-14-20-45/h9-42H,7-8,43H2,1-6H3/b25-23+,26-24+. The van der Waals surface area contributed by atoms with Crippen molar-refractivity contribution in [1.82, 2.24) is 0 Å². The van der Waals surface area contributed by atoms with Gasteiger partial charge in [0.1, 0.15) is 0 Å². The van der Waals surface area contributed by atoms with Crippen LogP contribution in [-0.2, 0) is 23.0 Å². The Morgan fingerprint density at radius 2 is 0.953 bits per heavy atom. The maximum absolute atomic E-state index is 2.64. The van der Waals surface area contributed by atoms with Crippen molar-refractivity contribution < 1.29 is 0 Å². The molecular formula is C60H58N2S2. The second-order valence-corrected chi connectivity index (χ2v) is 20.0. The number of nitrogens with zero attached hydrogens (tertiary/aromatic N) is 2. The van der Waals surface area contributed by atoms with Gasteiger partial charge in [0.2, 0.25) is 0 Å². The minimum absolute atomic E-state index is 0.189. The largest absolute Gasteiger partial charge is 0.357 e. The molecule has 9 rings (SSSR count). The Morgan fingerprint density at radius 3 is 1.42 bits per heavy atom. The topological polar surface area (TPSA) is 6.48 Å². The number of rotatable bonds is 15. The maximum atomic E-state index is 2.64. The first-order valence-corrected chi connectivity index (χ1v) is 24.5. The summed E-state index contributed by atoms with van der Waals surface area (Å²) < 4.78 is 0. The number of anilines is 3. The highest BCUT2D eigenvalue weighted by Crippen LogP contribution is 2.53. The number of thiophene rings is 2. The zero-order valence-electron chi connectivity index (χ0n) is 38.0. The van der Waals surface area contributed by atoms with Gasteiger partial charge in [0.15, 0.2) is 0 Å². The minimum atomic E-state index is -0.298. The van der Waals surface area contributed by atoms with Crippen LogP contribution in [0.15, 0.2) is 181 Å². The molecule has 2 heterocycles. The van der Waals surface area contributed by atoms with Gasteiger partial charge in [0.05, 0.1) is 22.6 Å². The van der Waals surface area contributed by atoms with Crippen LogP contribution in [0.2, 0.25) is 0 Å². The predicted molar refractivity (Wildman–Crippen MR) is 280 cm³/mol. The molecule has 2 atom stereocenters. The van der Waals surface area contributed by atoms with Gasteiger partial charge in [-0.25, -0.2) is 0 Å². The van der Waals surface area contributed by atoms with Crippen LogP contribution in [0.25, 0.3) is 35.4 Å². The lowest BCUT2D eigenvalue weighted by Crippen LogP contribution is -2.43. The number of benzene rings is 6. The average molecular weight is 871 g/mol. The second kappa shape index (κ2) is 18.1. The van der Waals surface area contributed by atoms with E-state index in [0.717, 1.165) is 19.4 Å². The molecule has 2 nitrogen and oxygen atoms in total. The molecule has 0 fully saturated rings. The zero-order chi connectivity index (χ0) is 44.3. The van der Waals surface area contributed by atoms with E-state index >= 15 is 0 Å². The Labute approximate surface area is 389 Å². The van der Waals surface area contributed by atoms with Crippen LogP contribution in [-0.4, -0.2) is 0 Å². The van der Waals surface area contributed by atoms with Gasteiger partial charge in [0, 0.05) is 21.7 Å². The summed E-state index contributed by atoms with van der Waals surface area (Å²) in [4.78, 5) is 6.56. The molecule has 1 aliphatic rings. The molecule has 1 aliphatic carbocycles. The van der Waals surface area contributed by atoms with Crippen LogP contribution in [0.1, 0.15) is 104 Å². The zero-order valence-corrected chi connectivity index (χ0v) is 39.6. The fraction of sp³-hybridized carbons (Fsp3) is 0.200. The van der Waals surface area contributed by atoms with Gasteiger partial charge in [-0.2, -0.15) is 0 Å². The Morgan fingerprint density at radius 1 is 0.484 bits per heavy atom. The fourth-order valence-electron chi connectivity index (χ4n) is 9.62. The van der Waals surface area contributed by atoms with E-state index in [4.69, 9.17) is 0 Å². The van der Waals surface area contributed by atoms with Crippen LogP contribution in [0.3, 0.4) is 0 Å². The first kappa shape index (κ1) is 43.1. The lowest BCUT2D eigenvalue weighted by Gasteiger charge is -2.44. The van der Waals surface area contributed by atoms with Crippen LogP contribution >= 0.6 is 22.7 Å². The summed E-state index contributed by atoms with van der Waals surface area (Å²) in [6.07, 6.45) is 10.7. The summed E-state index contributed by atoms with van der Waals surface area (Å²) in [7, 11) is 0. The Bertz CT molecular complexity index is 2860. The van der Waals surface area contributed by atoms with Crippen molar-refractivity contribution in [3.05, 3.63) is 230 Å². The summed E-state index contributed by atoms with van der Waals surface area (Å²) in [6.45, 7) is 15.2. The molecule has 4 heteroatoms. The van der Waals surface area contributed by atoms with Gasteiger partial charge in [0.25, 0.3) is 0 Å². The molecular weight excluding hydrogens is 813 g/mol. The second-order valence-electron chi connectivity index (χ2n) is 18.0. The van der Waals surface area contributed by atoms with Gasteiger partial charge in [-0.05, 0) is 136 Å². The van der Waals surface area contributed by atoms with Gasteiger partial charge >= 0.3 is 0 Å². The minimum Gasteiger partial charge on any atom is -0.357 e. The van der Waals surface area contributed by atoms with Crippen molar-refractivity contribution in [1.29, 1.82) is 0 Å². The van der Waals surface area contributed by atoms with Gasteiger partial charge in [-0.3, -0.25) is 0 Å². The molecule has 2 unspecified atom stereocenters. The van der Waals surface area contributed by atoms with Gasteiger partial charge in [-0.15, -0.1) is 22.7 Å². The molecule has 0 aliphatic heterocycles. The number of hydrogen-bond acceptors (Lipinski definition) is 4. The predicted octanol–water partition coefficient (Wildman–Crippen LogP) is 17.3. The van der Waals surface area contributed by atoms with Crippen LogP contribution in [0.4, 0.5) is 16.4 Å². The van der Waals surface area contributed by atoms with Crippen molar-refractivity contribution in [3.63, 3.8) is 0 Å². The third kappa shape index (κ3) is 8.33. The summed E-state index contributed by atoms with van der Waals surface area (Å²) >= 11 is 3.64. The number of fused-ring (bicyclic) bond motifs is 3. The van der Waals surface area contributed by atoms with E-state index < -0.39 is 0 Å². The smallest absolute Gasteiger partial charge is 0.0961 e. The van der Waals surface area contributed by atoms with Crippen molar-refractivity contribution >= 4 is 63.4 Å². The SMILES string of the molecule is CCC(C)(c1ccc2c(c1)C(C)(C)c1cc(C(C)(CC)N(c3ccc(/C=C/c4ccccc4)cc3)c3cccs3)ccc1-2)N(Cc1cccs1)c1ccc(/C=C/c2ccccc2)cc1. The molecule has 0 radical (unpaired) electrons. The monoisotopic (exact) mass is 870 g/mol. The molecule has 0 saturated carbocycles. The molecule has 8 aromatic rings. The molecule has 0 amide bonds. The lowest BCUT2D eigenvalue weighted by atomic mass is 9.77. The van der Waals surface area contributed by atoms with E-state index in [-0.39, 0.29) is 16.5 Å². The van der Waals surface area contributed by atoms with Crippen LogP contribution < -0.4 is 9.80 Å². The highest BCUT2D eigenvalue weighted by Gasteiger charge is 2.41. The maximum Gasteiger partial charge on any atom is 0.0961 e. The van der Waals surface area contributed by atoms with E-state index in [0.29, 0.717) is 0 Å². The number of hydrogen-bond donors (Lipinski definition) is 0. The first-order valence-electron chi connectivity index (χ1n) is 22.7. The lowest BCUT2D eigenvalue weighted by molar-refractivity contribution is 0.419. The molecule has 320 valence electrons. The highest BCUT2D eigenvalue weighted by molar-refractivity contribution is 7.14. The van der Waals surface area contributed by atoms with Gasteiger partial charge < -0.3 is 9.80 Å². The van der Waals surface area contributed by atoms with E-state index in [1.165, 1.54) is 76.9 Å². The Hall–Kier alpha value is -6.20. The average Bonchev–Trinajstić information content (AvgIpc) is 4.12. The third-order valence-corrected chi connectivity index (χ3v) is 15.6. The van der Waals surface area contributed by atoms with Crippen molar-refractivity contribution in [2.75, 3.05) is 9.80 Å². The van der Waals surface area contributed by atoms with Crippen molar-refractivity contribution in [2.24, 2.45) is 0 Å². The summed E-state index contributed by atoms with van der Waals surface area (Å²) in [5.74, 6) is 0. The summed E-state index contributed by atoms with van der Waals surface area (Å²) in [5.41, 5.74) is 14.7. The molecule has 6 aromatic carbocycles. The Balaban J connectivity index is 1.04. The van der Waals surface area contributed by atoms with E-state index in [1.807, 2.05) is 11.3 Å². The summed E-state index contributed by atoms with van der Waals surface area (Å²) in [5, 5.41) is 5.64. The van der Waals surface area contributed by atoms with E-state index in [2.05, 4.69) is 256 Å². The summed E-state index contributed by atoms with van der Waals surface area (Å²) in [6, 6.07) is 62.8. The molecule has 2 aromatic heterocycles. The van der Waals surface area contributed by atoms with E-state index in [1.54, 1.807) is 11.3 Å². The third-order valence-electron chi connectivity index (χ3n) is 13.9. The molecule has 64 heavy (non-hydrogen) atoms. The molecule has 0 saturated heterocycles. The fourth-order valence-corrected chi connectivity index (χ4v) is 11.2. The highest BCUT2D eigenvalue weighted by atomic mass is 32.1. The normalized spacial score (nSPS) is 14.8. The van der Waals surface area contributed by atoms with Crippen LogP contribution in [0, 0.1) is 0 Å². The quantitative estimate of drug-likeness (QED) is 0.0947. The van der Waals surface area contributed by atoms with Crippen LogP contribution in [0.5, 0.6) is 0 Å². The van der Waals surface area contributed by atoms with Crippen molar-refractivity contribution in [2.45, 2.75) is 77.4 Å². The van der Waals surface area contributed by atoms with Crippen molar-refractivity contribution in [3.8, 4) is 11.1 Å².